The van der Waals surface area contributed by atoms with Crippen molar-refractivity contribution in [2.75, 3.05) is 19.7 Å². The summed E-state index contributed by atoms with van der Waals surface area (Å²) in [5, 5.41) is 10.7. The van der Waals surface area contributed by atoms with E-state index in [0.29, 0.717) is 12.6 Å². The first-order chi connectivity index (χ1) is 9.66. The number of pyridine rings is 1. The summed E-state index contributed by atoms with van der Waals surface area (Å²) in [5.74, 6) is 0.128. The number of nitrogens with zero attached hydrogens (tertiary/aromatic N) is 2. The number of rotatable bonds is 3. The minimum atomic E-state index is -0.451. The molecule has 110 valence electrons. The van der Waals surface area contributed by atoms with Gasteiger partial charge in [-0.2, -0.15) is 0 Å². The molecule has 0 spiro atoms. The lowest BCUT2D eigenvalue weighted by molar-refractivity contribution is -0.102. The molecule has 0 saturated carbocycles. The fraction of sp³-hybridized carbons (Fsp3) is 0.688. The standard InChI is InChI=1S/C16H24N2O2/c1-11(2)18-8-9-20-14(10-18)16(19)13-6-5-12-4-3-7-17-15(12)13/h3-4,7,11,13-14,16,19H,5-6,8-10H2,1-2H3. The highest BCUT2D eigenvalue weighted by atomic mass is 16.5. The molecule has 3 rings (SSSR count). The average Bonchev–Trinajstić information content (AvgIpc) is 2.90. The number of ether oxygens (including phenoxy) is 1. The van der Waals surface area contributed by atoms with Gasteiger partial charge in [-0.15, -0.1) is 0 Å². The molecule has 1 fully saturated rings. The number of hydrogen-bond acceptors (Lipinski definition) is 4. The van der Waals surface area contributed by atoms with Crippen LogP contribution in [0.4, 0.5) is 0 Å². The van der Waals surface area contributed by atoms with Gasteiger partial charge in [0.2, 0.25) is 0 Å². The van der Waals surface area contributed by atoms with Crippen molar-refractivity contribution in [3.05, 3.63) is 29.6 Å². The van der Waals surface area contributed by atoms with Crippen molar-refractivity contribution in [2.45, 2.75) is 50.9 Å². The Hall–Kier alpha value is -0.970. The van der Waals surface area contributed by atoms with Crippen LogP contribution in [0.3, 0.4) is 0 Å². The predicted molar refractivity (Wildman–Crippen MR) is 77.8 cm³/mol. The molecular weight excluding hydrogens is 252 g/mol. The Morgan fingerprint density at radius 1 is 1.45 bits per heavy atom. The molecule has 2 heterocycles. The van der Waals surface area contributed by atoms with Gasteiger partial charge in [-0.25, -0.2) is 0 Å². The zero-order valence-corrected chi connectivity index (χ0v) is 12.3. The van der Waals surface area contributed by atoms with Crippen LogP contribution in [0.15, 0.2) is 18.3 Å². The van der Waals surface area contributed by atoms with Gasteiger partial charge in [0.1, 0.15) is 0 Å². The van der Waals surface area contributed by atoms with E-state index in [4.69, 9.17) is 4.74 Å². The second kappa shape index (κ2) is 5.80. The zero-order valence-electron chi connectivity index (χ0n) is 12.3. The van der Waals surface area contributed by atoms with Gasteiger partial charge in [0.25, 0.3) is 0 Å². The van der Waals surface area contributed by atoms with Crippen LogP contribution in [0.5, 0.6) is 0 Å². The third-order valence-electron chi connectivity index (χ3n) is 4.65. The number of fused-ring (bicyclic) bond motifs is 1. The molecule has 0 radical (unpaired) electrons. The summed E-state index contributed by atoms with van der Waals surface area (Å²) >= 11 is 0. The average molecular weight is 276 g/mol. The zero-order chi connectivity index (χ0) is 14.1. The van der Waals surface area contributed by atoms with Crippen LogP contribution in [-0.2, 0) is 11.2 Å². The van der Waals surface area contributed by atoms with E-state index in [-0.39, 0.29) is 12.0 Å². The molecule has 4 heteroatoms. The molecule has 0 bridgehead atoms. The predicted octanol–water partition coefficient (Wildman–Crippen LogP) is 1.58. The van der Waals surface area contributed by atoms with E-state index in [0.717, 1.165) is 31.6 Å². The first-order valence-electron chi connectivity index (χ1n) is 7.64. The van der Waals surface area contributed by atoms with E-state index < -0.39 is 6.10 Å². The summed E-state index contributed by atoms with van der Waals surface area (Å²) in [5.41, 5.74) is 2.36. The van der Waals surface area contributed by atoms with E-state index in [1.54, 1.807) is 0 Å². The van der Waals surface area contributed by atoms with Crippen LogP contribution in [0.25, 0.3) is 0 Å². The smallest absolute Gasteiger partial charge is 0.0967 e. The van der Waals surface area contributed by atoms with Crippen LogP contribution in [-0.4, -0.2) is 52.9 Å². The SMILES string of the molecule is CC(C)N1CCOC(C(O)C2CCc3cccnc32)C1. The van der Waals surface area contributed by atoms with Crippen molar-refractivity contribution in [3.63, 3.8) is 0 Å². The van der Waals surface area contributed by atoms with Crippen molar-refractivity contribution < 1.29 is 9.84 Å². The highest BCUT2D eigenvalue weighted by Gasteiger charge is 2.37. The summed E-state index contributed by atoms with van der Waals surface area (Å²) in [6.07, 6.45) is 3.28. The molecule has 3 unspecified atom stereocenters. The lowest BCUT2D eigenvalue weighted by Gasteiger charge is -2.38. The third-order valence-corrected chi connectivity index (χ3v) is 4.65. The van der Waals surface area contributed by atoms with E-state index in [1.165, 1.54) is 5.56 Å². The second-order valence-corrected chi connectivity index (χ2v) is 6.18. The van der Waals surface area contributed by atoms with Gasteiger partial charge < -0.3 is 9.84 Å². The Bertz CT molecular complexity index is 464. The highest BCUT2D eigenvalue weighted by molar-refractivity contribution is 5.29. The number of aliphatic hydroxyl groups is 1. The molecule has 4 nitrogen and oxygen atoms in total. The van der Waals surface area contributed by atoms with Gasteiger partial charge >= 0.3 is 0 Å². The number of hydrogen-bond donors (Lipinski definition) is 1. The highest BCUT2D eigenvalue weighted by Crippen LogP contribution is 2.35. The normalized spacial score (nSPS) is 28.6. The minimum absolute atomic E-state index is 0.0934. The Morgan fingerprint density at radius 3 is 3.10 bits per heavy atom. The topological polar surface area (TPSA) is 45.6 Å². The van der Waals surface area contributed by atoms with E-state index >= 15 is 0 Å². The van der Waals surface area contributed by atoms with Gasteiger partial charge in [0.05, 0.1) is 18.8 Å². The van der Waals surface area contributed by atoms with Crippen molar-refractivity contribution >= 4 is 0 Å². The molecule has 1 saturated heterocycles. The van der Waals surface area contributed by atoms with Crippen molar-refractivity contribution in [1.29, 1.82) is 0 Å². The maximum atomic E-state index is 10.7. The van der Waals surface area contributed by atoms with Gasteiger partial charge in [-0.05, 0) is 38.3 Å². The Balaban J connectivity index is 1.72. The first-order valence-corrected chi connectivity index (χ1v) is 7.64. The number of aryl methyl sites for hydroxylation is 1. The molecule has 1 aliphatic carbocycles. The van der Waals surface area contributed by atoms with Gasteiger partial charge in [0.15, 0.2) is 0 Å². The fourth-order valence-corrected chi connectivity index (χ4v) is 3.41. The quantitative estimate of drug-likeness (QED) is 0.910. The maximum Gasteiger partial charge on any atom is 0.0967 e. The van der Waals surface area contributed by atoms with Gasteiger partial charge in [-0.1, -0.05) is 6.07 Å². The Kier molecular flexibility index (Phi) is 4.06. The Labute approximate surface area is 120 Å². The molecule has 1 aromatic rings. The van der Waals surface area contributed by atoms with Gasteiger partial charge in [-0.3, -0.25) is 9.88 Å². The summed E-state index contributed by atoms with van der Waals surface area (Å²) < 4.78 is 5.83. The molecule has 1 aromatic heterocycles. The monoisotopic (exact) mass is 276 g/mol. The molecule has 1 aliphatic heterocycles. The van der Waals surface area contributed by atoms with Crippen LogP contribution in [0.1, 0.15) is 37.4 Å². The summed E-state index contributed by atoms with van der Waals surface area (Å²) in [6.45, 7) is 6.88. The van der Waals surface area contributed by atoms with E-state index in [1.807, 2.05) is 12.3 Å². The van der Waals surface area contributed by atoms with Crippen molar-refractivity contribution in [3.8, 4) is 0 Å². The summed E-state index contributed by atoms with van der Waals surface area (Å²) in [7, 11) is 0. The lowest BCUT2D eigenvalue weighted by atomic mass is 9.94. The molecule has 0 amide bonds. The molecule has 3 atom stereocenters. The summed E-state index contributed by atoms with van der Waals surface area (Å²) in [4.78, 5) is 6.86. The van der Waals surface area contributed by atoms with Crippen LogP contribution < -0.4 is 0 Å². The van der Waals surface area contributed by atoms with Crippen LogP contribution >= 0.6 is 0 Å². The lowest BCUT2D eigenvalue weighted by Crippen LogP contribution is -2.51. The fourth-order valence-electron chi connectivity index (χ4n) is 3.41. The van der Waals surface area contributed by atoms with Crippen molar-refractivity contribution in [2.24, 2.45) is 0 Å². The Morgan fingerprint density at radius 2 is 2.30 bits per heavy atom. The first kappa shape index (κ1) is 14.0. The molecule has 20 heavy (non-hydrogen) atoms. The van der Waals surface area contributed by atoms with Crippen molar-refractivity contribution in [1.82, 2.24) is 9.88 Å². The van der Waals surface area contributed by atoms with Crippen LogP contribution in [0.2, 0.25) is 0 Å². The molecule has 1 N–H and O–H groups in total. The third kappa shape index (κ3) is 2.60. The molecular formula is C16H24N2O2. The molecule has 2 aliphatic rings. The van der Waals surface area contributed by atoms with E-state index in [9.17, 15) is 5.11 Å². The molecule has 0 aromatic carbocycles. The minimum Gasteiger partial charge on any atom is -0.390 e. The number of aliphatic hydroxyl groups excluding tert-OH is 1. The maximum absolute atomic E-state index is 10.7. The number of morpholine rings is 1. The second-order valence-electron chi connectivity index (χ2n) is 6.18. The van der Waals surface area contributed by atoms with E-state index in [2.05, 4.69) is 29.8 Å². The van der Waals surface area contributed by atoms with Gasteiger partial charge in [0, 0.05) is 36.9 Å². The largest absolute Gasteiger partial charge is 0.390 e. The summed E-state index contributed by atoms with van der Waals surface area (Å²) in [6, 6.07) is 4.60. The van der Waals surface area contributed by atoms with Crippen LogP contribution in [0, 0.1) is 0 Å². The number of aromatic nitrogens is 1.